The van der Waals surface area contributed by atoms with Gasteiger partial charge in [-0.3, -0.25) is 14.2 Å². The van der Waals surface area contributed by atoms with Crippen molar-refractivity contribution in [3.8, 4) is 22.9 Å². The number of nitrogens with zero attached hydrogens (tertiary/aromatic N) is 2. The van der Waals surface area contributed by atoms with Crippen molar-refractivity contribution in [2.45, 2.75) is 79.1 Å². The van der Waals surface area contributed by atoms with E-state index >= 15 is 4.57 Å². The highest BCUT2D eigenvalue weighted by Crippen LogP contribution is 2.60. The Morgan fingerprint density at radius 2 is 1.73 bits per heavy atom. The fourth-order valence-electron chi connectivity index (χ4n) is 5.33. The molecule has 0 saturated carbocycles. The Labute approximate surface area is 245 Å². The zero-order chi connectivity index (χ0) is 30.4. The average Bonchev–Trinajstić information content (AvgIpc) is 2.91. The number of rotatable bonds is 14. The molecule has 0 saturated heterocycles. The lowest BCUT2D eigenvalue weighted by Gasteiger charge is -2.44. The molecule has 8 nitrogen and oxygen atoms in total. The third kappa shape index (κ3) is 7.40. The Morgan fingerprint density at radius 1 is 1.10 bits per heavy atom. The Balaban J connectivity index is 2.00. The van der Waals surface area contributed by atoms with E-state index in [2.05, 4.69) is 6.07 Å². The highest BCUT2D eigenvalue weighted by molar-refractivity contribution is 7.68. The number of esters is 1. The summed E-state index contributed by atoms with van der Waals surface area (Å²) in [6.07, 6.45) is 1.80. The summed E-state index contributed by atoms with van der Waals surface area (Å²) in [7, 11) is -3.64. The van der Waals surface area contributed by atoms with Gasteiger partial charge in [0.1, 0.15) is 11.5 Å². The van der Waals surface area contributed by atoms with Gasteiger partial charge in [-0.15, -0.1) is 0 Å². The first kappa shape index (κ1) is 32.8. The van der Waals surface area contributed by atoms with Gasteiger partial charge in [-0.05, 0) is 64.2 Å². The first-order chi connectivity index (χ1) is 19.3. The van der Waals surface area contributed by atoms with E-state index in [0.717, 1.165) is 24.0 Å². The molecule has 1 aliphatic heterocycles. The van der Waals surface area contributed by atoms with E-state index in [0.29, 0.717) is 17.7 Å². The Hall–Kier alpha value is -2.69. The molecule has 1 N–H and O–H groups in total. The van der Waals surface area contributed by atoms with Gasteiger partial charge >= 0.3 is 5.97 Å². The quantitative estimate of drug-likeness (QED) is 0.115. The average molecular weight is 585 g/mol. The van der Waals surface area contributed by atoms with Gasteiger partial charge in [-0.25, -0.2) is 0 Å². The summed E-state index contributed by atoms with van der Waals surface area (Å²) in [4.78, 5) is 19.7. The minimum absolute atomic E-state index is 0.0662. The number of aliphatic hydroxyl groups excluding tert-OH is 1. The summed E-state index contributed by atoms with van der Waals surface area (Å²) < 4.78 is 27.0. The van der Waals surface area contributed by atoms with Crippen LogP contribution in [0.4, 0.5) is 0 Å². The number of aliphatic hydroxyl groups is 1. The topological polar surface area (TPSA) is 109 Å². The number of nitriles is 1. The number of carbonyl (C=O) groups is 1. The number of para-hydroxylation sites is 1. The molecule has 0 spiro atoms. The van der Waals surface area contributed by atoms with Gasteiger partial charge in [0.05, 0.1) is 41.5 Å². The molecule has 1 aliphatic rings. The number of unbranched alkanes of at least 4 members (excludes halogenated alkanes) is 1. The molecule has 3 rings (SSSR count). The molecule has 41 heavy (non-hydrogen) atoms. The summed E-state index contributed by atoms with van der Waals surface area (Å²) >= 11 is 0. The maximum atomic E-state index is 15.1. The van der Waals surface area contributed by atoms with E-state index in [-0.39, 0.29) is 25.5 Å². The van der Waals surface area contributed by atoms with E-state index < -0.39 is 36.1 Å². The number of hydroxylamine groups is 2. The standard InChI is InChI=1S/C32H45N2O6P/c1-8-9-20-38-30(36)26(31(4,5)22-33)21-32(6,7)40-34(18-19-35)29(23(2)3)41(37)28-17-13-11-15-25(28)24-14-10-12-16-27(24)39-41/h10-17,23,26,29,35H,8-9,18-21H2,1-7H3. The van der Waals surface area contributed by atoms with Crippen molar-refractivity contribution in [3.05, 3.63) is 48.5 Å². The van der Waals surface area contributed by atoms with E-state index in [4.69, 9.17) is 14.1 Å². The van der Waals surface area contributed by atoms with E-state index in [9.17, 15) is 15.2 Å². The van der Waals surface area contributed by atoms with E-state index in [1.807, 2.05) is 83.1 Å². The monoisotopic (exact) mass is 584 g/mol. The molecule has 0 bridgehead atoms. The lowest BCUT2D eigenvalue weighted by atomic mass is 9.75. The number of hydrogen-bond donors (Lipinski definition) is 1. The molecule has 1 heterocycles. The molecular formula is C32H45N2O6P. The van der Waals surface area contributed by atoms with Crippen LogP contribution in [0.1, 0.15) is 67.7 Å². The van der Waals surface area contributed by atoms with Crippen LogP contribution < -0.4 is 9.83 Å². The van der Waals surface area contributed by atoms with Crippen molar-refractivity contribution in [2.75, 3.05) is 19.8 Å². The van der Waals surface area contributed by atoms with Crippen molar-refractivity contribution in [1.29, 1.82) is 5.26 Å². The lowest BCUT2D eigenvalue weighted by Crippen LogP contribution is -2.49. The molecule has 3 atom stereocenters. The second-order valence-electron chi connectivity index (χ2n) is 12.2. The van der Waals surface area contributed by atoms with Gasteiger partial charge in [-0.2, -0.15) is 10.3 Å². The van der Waals surface area contributed by atoms with Crippen molar-refractivity contribution < 1.29 is 28.6 Å². The minimum Gasteiger partial charge on any atom is -0.465 e. The van der Waals surface area contributed by atoms with Gasteiger partial charge in [-0.1, -0.05) is 63.6 Å². The molecular weight excluding hydrogens is 539 g/mol. The normalized spacial score (nSPS) is 18.2. The zero-order valence-corrected chi connectivity index (χ0v) is 26.3. The summed E-state index contributed by atoms with van der Waals surface area (Å²) in [6, 6.07) is 17.3. The van der Waals surface area contributed by atoms with E-state index in [1.165, 1.54) is 0 Å². The molecule has 2 aromatic rings. The zero-order valence-electron chi connectivity index (χ0n) is 25.4. The summed E-state index contributed by atoms with van der Waals surface area (Å²) in [5.74, 6) is -1.62. The summed E-state index contributed by atoms with van der Waals surface area (Å²) in [5.41, 5.74) is -0.283. The van der Waals surface area contributed by atoms with Crippen molar-refractivity contribution in [3.63, 3.8) is 0 Å². The highest BCUT2D eigenvalue weighted by atomic mass is 31.2. The van der Waals surface area contributed by atoms with Crippen LogP contribution in [0.15, 0.2) is 48.5 Å². The fourth-order valence-corrected chi connectivity index (χ4v) is 8.39. The van der Waals surface area contributed by atoms with Gasteiger partial charge < -0.3 is 14.4 Å². The first-order valence-electron chi connectivity index (χ1n) is 14.4. The Kier molecular flexibility index (Phi) is 10.8. The van der Waals surface area contributed by atoms with Crippen molar-refractivity contribution >= 4 is 18.6 Å². The number of hydrogen-bond acceptors (Lipinski definition) is 8. The number of carbonyl (C=O) groups excluding carboxylic acids is 1. The van der Waals surface area contributed by atoms with E-state index in [1.54, 1.807) is 18.9 Å². The van der Waals surface area contributed by atoms with Crippen LogP contribution in [0.2, 0.25) is 0 Å². The van der Waals surface area contributed by atoms with Gasteiger partial charge in [0, 0.05) is 12.1 Å². The smallest absolute Gasteiger partial charge is 0.310 e. The predicted molar refractivity (Wildman–Crippen MR) is 161 cm³/mol. The molecule has 0 fully saturated rings. The molecule has 9 heteroatoms. The van der Waals surface area contributed by atoms with Crippen LogP contribution in [0, 0.1) is 28.6 Å². The molecule has 224 valence electrons. The van der Waals surface area contributed by atoms with Crippen LogP contribution in [-0.2, 0) is 18.9 Å². The molecule has 2 aromatic carbocycles. The van der Waals surface area contributed by atoms with Crippen molar-refractivity contribution in [2.24, 2.45) is 17.3 Å². The van der Waals surface area contributed by atoms with Crippen LogP contribution in [0.25, 0.3) is 11.1 Å². The first-order valence-corrected chi connectivity index (χ1v) is 16.1. The Bertz CT molecular complexity index is 1280. The third-order valence-electron chi connectivity index (χ3n) is 7.46. The van der Waals surface area contributed by atoms with Gasteiger partial charge in [0.2, 0.25) is 0 Å². The number of fused-ring (bicyclic) bond motifs is 3. The second kappa shape index (κ2) is 13.5. The number of benzene rings is 2. The molecule has 0 amide bonds. The fraction of sp³-hybridized carbons (Fsp3) is 0.562. The molecule has 0 aromatic heterocycles. The number of ether oxygens (including phenoxy) is 1. The summed E-state index contributed by atoms with van der Waals surface area (Å²) in [6.45, 7) is 13.1. The summed E-state index contributed by atoms with van der Waals surface area (Å²) in [5, 5.41) is 22.1. The molecule has 0 radical (unpaired) electrons. The lowest BCUT2D eigenvalue weighted by molar-refractivity contribution is -0.257. The van der Waals surface area contributed by atoms with Crippen LogP contribution in [0.5, 0.6) is 5.75 Å². The Morgan fingerprint density at radius 3 is 2.34 bits per heavy atom. The minimum atomic E-state index is -3.64. The maximum Gasteiger partial charge on any atom is 0.310 e. The highest BCUT2D eigenvalue weighted by Gasteiger charge is 2.50. The largest absolute Gasteiger partial charge is 0.465 e. The molecule has 3 unspecified atom stereocenters. The van der Waals surface area contributed by atoms with Crippen LogP contribution >= 0.6 is 7.37 Å². The SMILES string of the molecule is CCCCOC(=O)C(CC(C)(C)ON(CCO)C(C(C)C)P1(=O)Oc2ccccc2-c2ccccc21)C(C)(C)C#N. The predicted octanol–water partition coefficient (Wildman–Crippen LogP) is 6.54. The van der Waals surface area contributed by atoms with Crippen molar-refractivity contribution in [1.82, 2.24) is 5.06 Å². The van der Waals surface area contributed by atoms with Gasteiger partial charge in [0.15, 0.2) is 0 Å². The third-order valence-corrected chi connectivity index (χ3v) is 10.5. The molecule has 0 aliphatic carbocycles. The van der Waals surface area contributed by atoms with Crippen LogP contribution in [-0.4, -0.2) is 47.3 Å². The van der Waals surface area contributed by atoms with Gasteiger partial charge in [0.25, 0.3) is 7.37 Å². The second-order valence-corrected chi connectivity index (χ2v) is 14.6. The van der Waals surface area contributed by atoms with Crippen LogP contribution in [0.3, 0.4) is 0 Å². The maximum absolute atomic E-state index is 15.1.